The third-order valence-corrected chi connectivity index (χ3v) is 7.89. The number of likely N-dealkylation sites (tertiary alicyclic amines) is 1. The van der Waals surface area contributed by atoms with Crippen molar-refractivity contribution in [3.8, 4) is 0 Å². The first-order valence-electron chi connectivity index (χ1n) is 14.3. The van der Waals surface area contributed by atoms with Crippen LogP contribution in [-0.2, 0) is 14.3 Å². The number of benzene rings is 1. The van der Waals surface area contributed by atoms with Crippen molar-refractivity contribution in [1.82, 2.24) is 20.4 Å². The van der Waals surface area contributed by atoms with E-state index in [2.05, 4.69) is 50.2 Å². The van der Waals surface area contributed by atoms with Crippen molar-refractivity contribution in [3.63, 3.8) is 0 Å². The fourth-order valence-electron chi connectivity index (χ4n) is 5.37. The lowest BCUT2D eigenvalue weighted by molar-refractivity contribution is -0.220. The van der Waals surface area contributed by atoms with Crippen molar-refractivity contribution >= 4 is 17.8 Å². The minimum atomic E-state index is -0.817. The standard InChI is InChI=1S/C30H50N4O4/c1-10-13-25(24-16-14-22(8)15-17-24)32-29(37)34-27(36)30(11-2,12-3)28(34)38-23(9)26(35)31-18-19-33(20(4)5)21(6)7/h14-17,20-21,23,25,28H,10-13,18-19H2,1-9H3,(H,31,35)(H,32,37)/t23-,25+,28-/m0/s1. The summed E-state index contributed by atoms with van der Waals surface area (Å²) in [6, 6.07) is 8.11. The van der Waals surface area contributed by atoms with Gasteiger partial charge < -0.3 is 15.4 Å². The van der Waals surface area contributed by atoms with E-state index < -0.39 is 23.8 Å². The van der Waals surface area contributed by atoms with E-state index in [1.807, 2.05) is 45.0 Å². The molecule has 0 radical (unpaired) electrons. The van der Waals surface area contributed by atoms with Gasteiger partial charge >= 0.3 is 6.03 Å². The Morgan fingerprint density at radius 3 is 2.11 bits per heavy atom. The van der Waals surface area contributed by atoms with Gasteiger partial charge in [-0.25, -0.2) is 9.69 Å². The molecule has 8 heteroatoms. The maximum absolute atomic E-state index is 13.4. The third kappa shape index (κ3) is 7.14. The van der Waals surface area contributed by atoms with Gasteiger partial charge in [-0.05, 0) is 66.4 Å². The summed E-state index contributed by atoms with van der Waals surface area (Å²) in [5.41, 5.74) is 1.33. The van der Waals surface area contributed by atoms with Crippen LogP contribution in [0.3, 0.4) is 0 Å². The van der Waals surface area contributed by atoms with Crippen molar-refractivity contribution in [3.05, 3.63) is 35.4 Å². The van der Waals surface area contributed by atoms with E-state index >= 15 is 0 Å². The van der Waals surface area contributed by atoms with Crippen molar-refractivity contribution < 1.29 is 19.1 Å². The number of hydrogen-bond donors (Lipinski definition) is 2. The lowest BCUT2D eigenvalue weighted by Gasteiger charge is -2.54. The van der Waals surface area contributed by atoms with Gasteiger partial charge in [-0.3, -0.25) is 14.5 Å². The average molecular weight is 531 g/mol. The summed E-state index contributed by atoms with van der Waals surface area (Å²) in [7, 11) is 0. The summed E-state index contributed by atoms with van der Waals surface area (Å²) in [6.07, 6.45) is 1.07. The molecule has 3 atom stereocenters. The van der Waals surface area contributed by atoms with E-state index in [1.54, 1.807) is 6.92 Å². The molecule has 1 fully saturated rings. The highest BCUT2D eigenvalue weighted by Gasteiger charge is 2.62. The van der Waals surface area contributed by atoms with Crippen LogP contribution >= 0.6 is 0 Å². The number of aryl methyl sites for hydroxylation is 1. The van der Waals surface area contributed by atoms with E-state index in [1.165, 1.54) is 4.90 Å². The zero-order valence-electron chi connectivity index (χ0n) is 25.0. The Labute approximate surface area is 229 Å². The number of nitrogens with zero attached hydrogens (tertiary/aromatic N) is 2. The molecular formula is C30H50N4O4. The highest BCUT2D eigenvalue weighted by Crippen LogP contribution is 2.46. The number of carbonyl (C=O) groups is 3. The number of amides is 4. The molecule has 38 heavy (non-hydrogen) atoms. The van der Waals surface area contributed by atoms with E-state index in [4.69, 9.17) is 4.74 Å². The van der Waals surface area contributed by atoms with Gasteiger partial charge in [0.2, 0.25) is 11.8 Å². The van der Waals surface area contributed by atoms with Crippen LogP contribution in [0.4, 0.5) is 4.79 Å². The molecule has 214 valence electrons. The van der Waals surface area contributed by atoms with Gasteiger partial charge in [0.05, 0.1) is 11.5 Å². The predicted molar refractivity (Wildman–Crippen MR) is 152 cm³/mol. The van der Waals surface area contributed by atoms with Crippen molar-refractivity contribution in [2.45, 2.75) is 118 Å². The predicted octanol–water partition coefficient (Wildman–Crippen LogP) is 5.16. The highest BCUT2D eigenvalue weighted by molar-refractivity contribution is 6.03. The van der Waals surface area contributed by atoms with Gasteiger partial charge in [0, 0.05) is 25.2 Å². The summed E-state index contributed by atoms with van der Waals surface area (Å²) in [5.74, 6) is -0.497. The Balaban J connectivity index is 2.12. The van der Waals surface area contributed by atoms with E-state index in [0.29, 0.717) is 31.5 Å². The van der Waals surface area contributed by atoms with Gasteiger partial charge in [0.15, 0.2) is 6.23 Å². The largest absolute Gasteiger partial charge is 0.353 e. The summed E-state index contributed by atoms with van der Waals surface area (Å²) < 4.78 is 6.18. The zero-order valence-corrected chi connectivity index (χ0v) is 25.0. The Morgan fingerprint density at radius 2 is 1.61 bits per heavy atom. The number of imide groups is 1. The molecule has 0 bridgehead atoms. The molecule has 0 aliphatic carbocycles. The van der Waals surface area contributed by atoms with Gasteiger partial charge in [0.1, 0.15) is 6.10 Å². The van der Waals surface area contributed by atoms with Gasteiger partial charge in [0.25, 0.3) is 0 Å². The van der Waals surface area contributed by atoms with E-state index in [-0.39, 0.29) is 17.9 Å². The van der Waals surface area contributed by atoms with Crippen LogP contribution in [0.1, 0.15) is 98.2 Å². The molecular weight excluding hydrogens is 480 g/mol. The summed E-state index contributed by atoms with van der Waals surface area (Å²) in [6.45, 7) is 19.4. The number of hydrogen-bond acceptors (Lipinski definition) is 5. The molecule has 1 saturated heterocycles. The summed E-state index contributed by atoms with van der Waals surface area (Å²) in [5, 5.41) is 6.01. The van der Waals surface area contributed by atoms with Gasteiger partial charge in [-0.1, -0.05) is 57.0 Å². The number of rotatable bonds is 14. The van der Waals surface area contributed by atoms with Gasteiger partial charge in [-0.2, -0.15) is 0 Å². The molecule has 0 unspecified atom stereocenters. The van der Waals surface area contributed by atoms with Crippen molar-refractivity contribution in [2.24, 2.45) is 5.41 Å². The number of urea groups is 1. The van der Waals surface area contributed by atoms with E-state index in [9.17, 15) is 14.4 Å². The Kier molecular flexibility index (Phi) is 11.8. The lowest BCUT2D eigenvalue weighted by Crippen LogP contribution is -2.73. The fraction of sp³-hybridized carbons (Fsp3) is 0.700. The minimum absolute atomic E-state index is 0.217. The van der Waals surface area contributed by atoms with E-state index in [0.717, 1.165) is 30.5 Å². The van der Waals surface area contributed by atoms with Crippen LogP contribution in [0.2, 0.25) is 0 Å². The second-order valence-corrected chi connectivity index (χ2v) is 11.1. The van der Waals surface area contributed by atoms with Crippen LogP contribution < -0.4 is 10.6 Å². The molecule has 1 aromatic rings. The quantitative estimate of drug-likeness (QED) is 0.324. The Hall–Kier alpha value is -2.45. The molecule has 4 amide bonds. The number of nitrogens with one attached hydrogen (secondary N) is 2. The van der Waals surface area contributed by atoms with Crippen LogP contribution in [0, 0.1) is 12.3 Å². The lowest BCUT2D eigenvalue weighted by atomic mass is 9.72. The van der Waals surface area contributed by atoms with Crippen LogP contribution in [0.5, 0.6) is 0 Å². The van der Waals surface area contributed by atoms with Gasteiger partial charge in [-0.15, -0.1) is 0 Å². The van der Waals surface area contributed by atoms with Crippen LogP contribution in [0.15, 0.2) is 24.3 Å². The zero-order chi connectivity index (χ0) is 28.6. The maximum Gasteiger partial charge on any atom is 0.326 e. The maximum atomic E-state index is 13.4. The summed E-state index contributed by atoms with van der Waals surface area (Å²) >= 11 is 0. The van der Waals surface area contributed by atoms with Crippen molar-refractivity contribution in [2.75, 3.05) is 13.1 Å². The average Bonchev–Trinajstić information content (AvgIpc) is 2.86. The first-order chi connectivity index (χ1) is 17.9. The number of ether oxygens (including phenoxy) is 1. The number of carbonyl (C=O) groups excluding carboxylic acids is 3. The Morgan fingerprint density at radius 1 is 1.03 bits per heavy atom. The summed E-state index contributed by atoms with van der Waals surface area (Å²) in [4.78, 5) is 43.1. The molecule has 1 heterocycles. The van der Waals surface area contributed by atoms with Crippen molar-refractivity contribution in [1.29, 1.82) is 0 Å². The van der Waals surface area contributed by atoms with Crippen LogP contribution in [0.25, 0.3) is 0 Å². The molecule has 8 nitrogen and oxygen atoms in total. The molecule has 1 aromatic carbocycles. The first-order valence-corrected chi connectivity index (χ1v) is 14.3. The highest BCUT2D eigenvalue weighted by atomic mass is 16.5. The molecule has 0 saturated carbocycles. The second kappa shape index (κ2) is 14.1. The number of β-lactam (4-membered cyclic amide) rings is 1. The normalized spacial score (nSPS) is 18.5. The molecule has 0 spiro atoms. The fourth-order valence-corrected chi connectivity index (χ4v) is 5.37. The monoisotopic (exact) mass is 530 g/mol. The SMILES string of the molecule is CCC[C@@H](NC(=O)N1C(=O)C(CC)(CC)[C@@H]1O[C@@H](C)C(=O)NCCN(C(C)C)C(C)C)c1ccc(C)cc1. The van der Waals surface area contributed by atoms with Crippen LogP contribution in [-0.4, -0.2) is 65.2 Å². The topological polar surface area (TPSA) is 91.0 Å². The molecule has 1 aliphatic rings. The smallest absolute Gasteiger partial charge is 0.326 e. The third-order valence-electron chi connectivity index (χ3n) is 7.89. The molecule has 0 aromatic heterocycles. The molecule has 1 aliphatic heterocycles. The molecule has 2 N–H and O–H groups in total. The first kappa shape index (κ1) is 31.8. The minimum Gasteiger partial charge on any atom is -0.353 e. The second-order valence-electron chi connectivity index (χ2n) is 11.1. The molecule has 2 rings (SSSR count). The Bertz CT molecular complexity index is 919.